The van der Waals surface area contributed by atoms with Gasteiger partial charge in [0.2, 0.25) is 0 Å². The van der Waals surface area contributed by atoms with Gasteiger partial charge in [0.1, 0.15) is 0 Å². The summed E-state index contributed by atoms with van der Waals surface area (Å²) < 4.78 is 0. The molecule has 0 saturated heterocycles. The SMILES string of the molecule is CC(C)=c1ccc2c(c1C1=CC(C(C)(C)C)=CC1)[C-]=c1ccccc1=2.[Cl-].[Cl-].[Zr+3]. The fourth-order valence-electron chi connectivity index (χ4n) is 3.89. The predicted octanol–water partition coefficient (Wildman–Crippen LogP) is -1.05. The van der Waals surface area contributed by atoms with Gasteiger partial charge in [0.05, 0.1) is 0 Å². The average Bonchev–Trinajstić information content (AvgIpc) is 3.18. The minimum Gasteiger partial charge on any atom is -1.00 e. The number of allylic oxidation sites excluding steroid dienone is 4. The van der Waals surface area contributed by atoms with Crippen molar-refractivity contribution in [2.24, 2.45) is 5.41 Å². The number of hydrogen-bond acceptors (Lipinski definition) is 0. The van der Waals surface area contributed by atoms with Crippen LogP contribution in [0.2, 0.25) is 0 Å². The summed E-state index contributed by atoms with van der Waals surface area (Å²) in [6, 6.07) is 13.2. The van der Waals surface area contributed by atoms with Crippen LogP contribution in [0.25, 0.3) is 17.2 Å². The van der Waals surface area contributed by atoms with E-state index in [2.05, 4.69) is 89.2 Å². The molecule has 2 aliphatic rings. The molecule has 2 aliphatic carbocycles. The zero-order chi connectivity index (χ0) is 17.8. The van der Waals surface area contributed by atoms with Crippen molar-refractivity contribution in [3.05, 3.63) is 86.1 Å². The van der Waals surface area contributed by atoms with Crippen LogP contribution >= 0.6 is 0 Å². The maximum absolute atomic E-state index is 3.70. The van der Waals surface area contributed by atoms with Gasteiger partial charge in [-0.2, -0.15) is 0 Å². The van der Waals surface area contributed by atoms with Crippen LogP contribution in [0.1, 0.15) is 52.2 Å². The molecule has 3 heteroatoms. The van der Waals surface area contributed by atoms with Gasteiger partial charge in [-0.25, -0.2) is 0 Å². The van der Waals surface area contributed by atoms with E-state index in [-0.39, 0.29) is 56.4 Å². The van der Waals surface area contributed by atoms with Gasteiger partial charge in [-0.3, -0.25) is 0 Å². The number of rotatable bonds is 1. The van der Waals surface area contributed by atoms with E-state index in [0.717, 1.165) is 6.42 Å². The second kappa shape index (κ2) is 9.29. The van der Waals surface area contributed by atoms with E-state index in [0.29, 0.717) is 0 Å². The molecule has 0 unspecified atom stereocenters. The van der Waals surface area contributed by atoms with Crippen LogP contribution in [0.15, 0.2) is 54.1 Å². The molecule has 0 atom stereocenters. The molecule has 143 valence electrons. The first-order valence-corrected chi connectivity index (χ1v) is 9.12. The summed E-state index contributed by atoms with van der Waals surface area (Å²) in [5, 5.41) is 5.20. The minimum absolute atomic E-state index is 0. The van der Waals surface area contributed by atoms with E-state index in [4.69, 9.17) is 0 Å². The first kappa shape index (κ1) is 25.2. The van der Waals surface area contributed by atoms with Gasteiger partial charge in [-0.05, 0) is 31.3 Å². The first-order chi connectivity index (χ1) is 11.9. The quantitative estimate of drug-likeness (QED) is 0.385. The topological polar surface area (TPSA) is 0 Å². The van der Waals surface area contributed by atoms with Gasteiger partial charge in [-0.1, -0.05) is 85.2 Å². The average molecular weight is 488 g/mol. The van der Waals surface area contributed by atoms with Crippen molar-refractivity contribution in [1.82, 2.24) is 0 Å². The van der Waals surface area contributed by atoms with Gasteiger partial charge in [0.15, 0.2) is 0 Å². The summed E-state index contributed by atoms with van der Waals surface area (Å²) in [7, 11) is 0. The first-order valence-electron chi connectivity index (χ1n) is 9.12. The standard InChI is InChI=1S/C25H25.2ClH.Zr/c1-16(2)20-12-13-22-21-9-7-6-8-17(21)15-23(22)24(20)18-10-11-19(14-18)25(3,4)5;;;/h6-9,11-14H,10H2,1-5H3;2*1H;/q-1;;;+3/p-2. The molecular formula is C25H25Cl2Zr. The third kappa shape index (κ3) is 4.33. The molecule has 0 amide bonds. The number of hydrogen-bond donors (Lipinski definition) is 0. The second-order valence-corrected chi connectivity index (χ2v) is 8.36. The Kier molecular flexibility index (Phi) is 8.35. The summed E-state index contributed by atoms with van der Waals surface area (Å²) in [5.41, 5.74) is 7.08. The Labute approximate surface area is 199 Å². The molecule has 0 aromatic heterocycles. The van der Waals surface area contributed by atoms with E-state index in [9.17, 15) is 0 Å². The van der Waals surface area contributed by atoms with Crippen LogP contribution in [0.3, 0.4) is 0 Å². The largest absolute Gasteiger partial charge is 3.00 e. The van der Waals surface area contributed by atoms with E-state index in [1.165, 1.54) is 48.7 Å². The van der Waals surface area contributed by atoms with Crippen molar-refractivity contribution in [1.29, 1.82) is 0 Å². The molecule has 0 spiro atoms. The molecule has 0 nitrogen and oxygen atoms in total. The molecule has 1 radical (unpaired) electrons. The Morgan fingerprint density at radius 3 is 2.21 bits per heavy atom. The molecule has 0 bridgehead atoms. The molecule has 0 N–H and O–H groups in total. The zero-order valence-electron chi connectivity index (χ0n) is 17.1. The van der Waals surface area contributed by atoms with Crippen molar-refractivity contribution in [3.63, 3.8) is 0 Å². The summed E-state index contributed by atoms with van der Waals surface area (Å²) in [5.74, 6) is 0. The van der Waals surface area contributed by atoms with Crippen molar-refractivity contribution < 1.29 is 51.0 Å². The fraction of sp³-hybridized carbons (Fsp3) is 0.280. The molecule has 4 rings (SSSR count). The monoisotopic (exact) mass is 485 g/mol. The Hall–Kier alpha value is -0.877. The predicted molar refractivity (Wildman–Crippen MR) is 107 cm³/mol. The molecule has 0 heterocycles. The molecule has 0 saturated carbocycles. The van der Waals surface area contributed by atoms with Gasteiger partial charge in [0.25, 0.3) is 0 Å². The van der Waals surface area contributed by atoms with Gasteiger partial charge in [0, 0.05) is 0 Å². The summed E-state index contributed by atoms with van der Waals surface area (Å²) in [4.78, 5) is 0. The van der Waals surface area contributed by atoms with Gasteiger partial charge < -0.3 is 24.8 Å². The third-order valence-corrected chi connectivity index (χ3v) is 5.28. The van der Waals surface area contributed by atoms with Crippen LogP contribution in [0.5, 0.6) is 0 Å². The van der Waals surface area contributed by atoms with Crippen LogP contribution in [-0.4, -0.2) is 0 Å². The van der Waals surface area contributed by atoms with E-state index in [1.807, 2.05) is 0 Å². The van der Waals surface area contributed by atoms with Crippen LogP contribution < -0.4 is 35.3 Å². The van der Waals surface area contributed by atoms with Crippen LogP contribution in [-0.2, 0) is 26.2 Å². The van der Waals surface area contributed by atoms with E-state index in [1.54, 1.807) is 0 Å². The van der Waals surface area contributed by atoms with Gasteiger partial charge in [-0.15, -0.1) is 33.4 Å². The van der Waals surface area contributed by atoms with Crippen molar-refractivity contribution in [3.8, 4) is 0 Å². The Morgan fingerprint density at radius 1 is 0.929 bits per heavy atom. The Morgan fingerprint density at radius 2 is 1.61 bits per heavy atom. The van der Waals surface area contributed by atoms with Crippen LogP contribution in [0, 0.1) is 15.9 Å². The number of halogens is 2. The number of fused-ring (bicyclic) bond motifs is 2. The van der Waals surface area contributed by atoms with Crippen LogP contribution in [0.4, 0.5) is 0 Å². The summed E-state index contributed by atoms with van der Waals surface area (Å²) in [6.45, 7) is 11.3. The molecule has 2 aromatic rings. The van der Waals surface area contributed by atoms with E-state index < -0.39 is 0 Å². The molecule has 0 aliphatic heterocycles. The second-order valence-electron chi connectivity index (χ2n) is 8.36. The zero-order valence-corrected chi connectivity index (χ0v) is 21.1. The Balaban J connectivity index is 0.00000131. The fourth-order valence-corrected chi connectivity index (χ4v) is 3.89. The molecule has 0 fully saturated rings. The maximum Gasteiger partial charge on any atom is 3.00 e. The smallest absolute Gasteiger partial charge is 1.00 e. The van der Waals surface area contributed by atoms with Gasteiger partial charge >= 0.3 is 26.2 Å². The molecule has 28 heavy (non-hydrogen) atoms. The molecular weight excluding hydrogens is 462 g/mol. The van der Waals surface area contributed by atoms with Crippen molar-refractivity contribution in [2.75, 3.05) is 0 Å². The summed E-state index contributed by atoms with van der Waals surface area (Å²) in [6.07, 6.45) is 9.51. The van der Waals surface area contributed by atoms with E-state index >= 15 is 0 Å². The summed E-state index contributed by atoms with van der Waals surface area (Å²) >= 11 is 0. The maximum atomic E-state index is 3.70. The normalized spacial score (nSPS) is 13.6. The van der Waals surface area contributed by atoms with Crippen molar-refractivity contribution >= 4 is 17.2 Å². The Bertz CT molecular complexity index is 1160. The molecule has 2 aromatic carbocycles. The van der Waals surface area contributed by atoms with Crippen molar-refractivity contribution in [2.45, 2.75) is 41.0 Å². The minimum atomic E-state index is 0. The third-order valence-electron chi connectivity index (χ3n) is 5.28. The number of benzene rings is 2.